The fourth-order valence-corrected chi connectivity index (χ4v) is 3.16. The highest BCUT2D eigenvalue weighted by atomic mass is 16.5. The molecule has 0 aliphatic rings. The summed E-state index contributed by atoms with van der Waals surface area (Å²) in [5.41, 5.74) is 1.65. The highest BCUT2D eigenvalue weighted by Gasteiger charge is 2.16. The molecule has 0 aliphatic heterocycles. The number of furan rings is 1. The summed E-state index contributed by atoms with van der Waals surface area (Å²) < 4.78 is 27.2. The minimum atomic E-state index is -0.327. The Morgan fingerprint density at radius 2 is 1.57 bits per heavy atom. The van der Waals surface area contributed by atoms with Crippen molar-refractivity contribution in [3.05, 3.63) is 71.2 Å². The smallest absolute Gasteiger partial charge is 0.287 e. The molecule has 7 nitrogen and oxygen atoms in total. The first-order valence-electron chi connectivity index (χ1n) is 9.37. The van der Waals surface area contributed by atoms with Crippen LogP contribution >= 0.6 is 0 Å². The molecule has 1 aromatic heterocycles. The predicted octanol–water partition coefficient (Wildman–Crippen LogP) is 3.83. The van der Waals surface area contributed by atoms with E-state index in [4.69, 9.17) is 23.4 Å². The Kier molecular flexibility index (Phi) is 6.85. The molecule has 7 heteroatoms. The molecule has 0 atom stereocenters. The van der Waals surface area contributed by atoms with E-state index in [0.29, 0.717) is 23.7 Å². The van der Waals surface area contributed by atoms with E-state index in [1.807, 2.05) is 36.4 Å². The van der Waals surface area contributed by atoms with Crippen LogP contribution in [0.1, 0.15) is 27.4 Å². The molecule has 0 saturated heterocycles. The first kappa shape index (κ1) is 21.1. The van der Waals surface area contributed by atoms with Gasteiger partial charge in [-0.05, 0) is 42.5 Å². The molecular weight excluding hydrogens is 386 g/mol. The van der Waals surface area contributed by atoms with Gasteiger partial charge in [-0.25, -0.2) is 0 Å². The predicted molar refractivity (Wildman–Crippen MR) is 112 cm³/mol. The van der Waals surface area contributed by atoms with Gasteiger partial charge in [-0.1, -0.05) is 6.07 Å². The van der Waals surface area contributed by atoms with Crippen molar-refractivity contribution in [2.24, 2.45) is 0 Å². The number of benzene rings is 2. The molecule has 1 N–H and O–H groups in total. The third-order valence-electron chi connectivity index (χ3n) is 4.69. The van der Waals surface area contributed by atoms with Gasteiger partial charge in [-0.2, -0.15) is 0 Å². The molecule has 3 aromatic rings. The van der Waals surface area contributed by atoms with E-state index in [1.54, 1.807) is 40.6 Å². The van der Waals surface area contributed by atoms with E-state index in [-0.39, 0.29) is 18.2 Å². The largest absolute Gasteiger partial charge is 0.497 e. The van der Waals surface area contributed by atoms with Crippen LogP contribution in [-0.4, -0.2) is 34.3 Å². The Labute approximate surface area is 175 Å². The van der Waals surface area contributed by atoms with Gasteiger partial charge in [-0.3, -0.25) is 4.79 Å². The third kappa shape index (κ3) is 4.68. The summed E-state index contributed by atoms with van der Waals surface area (Å²) in [7, 11) is 6.37. The topological polar surface area (TPSA) is 79.2 Å². The van der Waals surface area contributed by atoms with Crippen molar-refractivity contribution in [3.8, 4) is 23.0 Å². The fourth-order valence-electron chi connectivity index (χ4n) is 3.16. The molecule has 0 spiro atoms. The quantitative estimate of drug-likeness (QED) is 0.576. The molecule has 0 fully saturated rings. The maximum absolute atomic E-state index is 12.6. The Balaban J connectivity index is 1.71. The minimum Gasteiger partial charge on any atom is -0.497 e. The van der Waals surface area contributed by atoms with Crippen LogP contribution in [0.4, 0.5) is 0 Å². The van der Waals surface area contributed by atoms with Crippen LogP contribution in [0.5, 0.6) is 23.0 Å². The molecule has 1 heterocycles. The highest BCUT2D eigenvalue weighted by molar-refractivity contribution is 5.91. The maximum atomic E-state index is 12.6. The summed E-state index contributed by atoms with van der Waals surface area (Å²) in [6.45, 7) is 0.242. The number of nitrogens with one attached hydrogen (secondary N) is 1. The standard InChI is InChI=1S/C23H25NO6/c1-26-16-8-10-19(27-2)15(12-16)13-17-9-11-22(30-17)23(25)24-14-18-20(28-3)6-5-7-21(18)29-4/h5-12H,13-14H2,1-4H3,(H,24,25). The van der Waals surface area contributed by atoms with Crippen molar-refractivity contribution >= 4 is 5.91 Å². The van der Waals surface area contributed by atoms with E-state index in [0.717, 1.165) is 22.6 Å². The molecule has 0 aliphatic carbocycles. The van der Waals surface area contributed by atoms with Crippen LogP contribution in [0.3, 0.4) is 0 Å². The van der Waals surface area contributed by atoms with E-state index < -0.39 is 0 Å². The monoisotopic (exact) mass is 411 g/mol. The Morgan fingerprint density at radius 3 is 2.20 bits per heavy atom. The summed E-state index contributed by atoms with van der Waals surface area (Å²) in [6.07, 6.45) is 0.466. The van der Waals surface area contributed by atoms with Gasteiger partial charge in [0.1, 0.15) is 28.8 Å². The second-order valence-corrected chi connectivity index (χ2v) is 6.44. The van der Waals surface area contributed by atoms with Crippen LogP contribution in [0.2, 0.25) is 0 Å². The zero-order valence-corrected chi connectivity index (χ0v) is 17.5. The van der Waals surface area contributed by atoms with Crippen molar-refractivity contribution in [2.75, 3.05) is 28.4 Å². The molecule has 158 valence electrons. The lowest BCUT2D eigenvalue weighted by atomic mass is 10.1. The van der Waals surface area contributed by atoms with Gasteiger partial charge in [0.15, 0.2) is 5.76 Å². The Morgan fingerprint density at radius 1 is 0.867 bits per heavy atom. The van der Waals surface area contributed by atoms with Crippen molar-refractivity contribution < 1.29 is 28.2 Å². The molecule has 0 radical (unpaired) electrons. The second-order valence-electron chi connectivity index (χ2n) is 6.44. The van der Waals surface area contributed by atoms with Gasteiger partial charge in [-0.15, -0.1) is 0 Å². The molecular formula is C23H25NO6. The van der Waals surface area contributed by atoms with Gasteiger partial charge in [0.2, 0.25) is 0 Å². The number of carbonyl (C=O) groups excluding carboxylic acids is 1. The molecule has 0 bridgehead atoms. The van der Waals surface area contributed by atoms with Crippen molar-refractivity contribution in [2.45, 2.75) is 13.0 Å². The minimum absolute atomic E-state index is 0.223. The van der Waals surface area contributed by atoms with Crippen molar-refractivity contribution in [3.63, 3.8) is 0 Å². The van der Waals surface area contributed by atoms with Gasteiger partial charge in [0.25, 0.3) is 5.91 Å². The van der Waals surface area contributed by atoms with E-state index in [1.165, 1.54) is 0 Å². The molecule has 0 saturated carbocycles. The number of amides is 1. The first-order chi connectivity index (χ1) is 14.6. The van der Waals surface area contributed by atoms with Crippen LogP contribution in [-0.2, 0) is 13.0 Å². The summed E-state index contributed by atoms with van der Waals surface area (Å²) in [5, 5.41) is 2.85. The normalized spacial score (nSPS) is 10.4. The lowest BCUT2D eigenvalue weighted by Gasteiger charge is -2.13. The molecule has 3 rings (SSSR count). The Hall–Kier alpha value is -3.61. The fraction of sp³-hybridized carbons (Fsp3) is 0.261. The van der Waals surface area contributed by atoms with E-state index in [9.17, 15) is 4.79 Å². The van der Waals surface area contributed by atoms with Crippen LogP contribution in [0.25, 0.3) is 0 Å². The average Bonchev–Trinajstić information content (AvgIpc) is 3.25. The third-order valence-corrected chi connectivity index (χ3v) is 4.69. The lowest BCUT2D eigenvalue weighted by molar-refractivity contribution is 0.0921. The van der Waals surface area contributed by atoms with Crippen molar-refractivity contribution in [1.82, 2.24) is 5.32 Å². The van der Waals surface area contributed by atoms with E-state index >= 15 is 0 Å². The van der Waals surface area contributed by atoms with E-state index in [2.05, 4.69) is 5.32 Å². The maximum Gasteiger partial charge on any atom is 0.287 e. The van der Waals surface area contributed by atoms with Crippen molar-refractivity contribution in [1.29, 1.82) is 0 Å². The van der Waals surface area contributed by atoms with Gasteiger partial charge in [0, 0.05) is 12.0 Å². The molecule has 2 aromatic carbocycles. The number of hydrogen-bond acceptors (Lipinski definition) is 6. The summed E-state index contributed by atoms with van der Waals surface area (Å²) >= 11 is 0. The average molecular weight is 411 g/mol. The molecule has 1 amide bonds. The van der Waals surface area contributed by atoms with Gasteiger partial charge < -0.3 is 28.7 Å². The SMILES string of the molecule is COc1ccc(OC)c(Cc2ccc(C(=O)NCc3c(OC)cccc3OC)o2)c1. The molecule has 30 heavy (non-hydrogen) atoms. The number of methoxy groups -OCH3 is 4. The first-order valence-corrected chi connectivity index (χ1v) is 9.37. The second kappa shape index (κ2) is 9.73. The van der Waals surface area contributed by atoms with Gasteiger partial charge >= 0.3 is 0 Å². The zero-order valence-electron chi connectivity index (χ0n) is 17.5. The number of hydrogen-bond donors (Lipinski definition) is 1. The highest BCUT2D eigenvalue weighted by Crippen LogP contribution is 2.29. The summed E-state index contributed by atoms with van der Waals surface area (Å²) in [4.78, 5) is 12.6. The summed E-state index contributed by atoms with van der Waals surface area (Å²) in [5.74, 6) is 3.26. The summed E-state index contributed by atoms with van der Waals surface area (Å²) in [6, 6.07) is 14.4. The number of rotatable bonds is 9. The number of carbonyl (C=O) groups is 1. The zero-order chi connectivity index (χ0) is 21.5. The van der Waals surface area contributed by atoms with Crippen LogP contribution in [0.15, 0.2) is 52.9 Å². The lowest BCUT2D eigenvalue weighted by Crippen LogP contribution is -2.23. The van der Waals surface area contributed by atoms with Crippen LogP contribution < -0.4 is 24.3 Å². The molecule has 0 unspecified atom stereocenters. The Bertz CT molecular complexity index is 988. The number of ether oxygens (including phenoxy) is 4. The van der Waals surface area contributed by atoms with Crippen LogP contribution in [0, 0.1) is 0 Å². The van der Waals surface area contributed by atoms with Gasteiger partial charge in [0.05, 0.1) is 40.5 Å².